The molecule has 146 valence electrons. The van der Waals surface area contributed by atoms with E-state index in [2.05, 4.69) is 5.32 Å². The molecule has 2 aromatic carbocycles. The van der Waals surface area contributed by atoms with E-state index in [-0.39, 0.29) is 24.8 Å². The molecule has 2 amide bonds. The van der Waals surface area contributed by atoms with E-state index in [0.29, 0.717) is 32.4 Å². The lowest BCUT2D eigenvalue weighted by Crippen LogP contribution is -2.53. The molecule has 0 radical (unpaired) electrons. The Labute approximate surface area is 164 Å². The number of alkyl carbamates (subject to hydrolysis) is 1. The first-order valence-electron chi connectivity index (χ1n) is 9.64. The van der Waals surface area contributed by atoms with Crippen LogP contribution in [0.4, 0.5) is 9.59 Å². The predicted octanol–water partition coefficient (Wildman–Crippen LogP) is 3.51. The summed E-state index contributed by atoms with van der Waals surface area (Å²) in [5.41, 5.74) is 1.55. The summed E-state index contributed by atoms with van der Waals surface area (Å²) in [6, 6.07) is 19.6. The lowest BCUT2D eigenvalue weighted by molar-refractivity contribution is -0.0186. The molecule has 2 heterocycles. The Morgan fingerprint density at radius 2 is 1.64 bits per heavy atom. The first-order valence-corrected chi connectivity index (χ1v) is 9.64. The molecule has 0 bridgehead atoms. The van der Waals surface area contributed by atoms with Gasteiger partial charge in [-0.15, -0.1) is 0 Å². The van der Waals surface area contributed by atoms with E-state index in [1.165, 1.54) is 0 Å². The van der Waals surface area contributed by atoms with E-state index in [1.807, 2.05) is 60.7 Å². The summed E-state index contributed by atoms with van der Waals surface area (Å²) in [6.07, 6.45) is 1.22. The average Bonchev–Trinajstić information content (AvgIpc) is 3.02. The zero-order valence-electron chi connectivity index (χ0n) is 15.7. The fourth-order valence-corrected chi connectivity index (χ4v) is 3.97. The van der Waals surface area contributed by atoms with Gasteiger partial charge in [0.1, 0.15) is 12.2 Å². The first-order chi connectivity index (χ1) is 13.6. The van der Waals surface area contributed by atoms with Crippen molar-refractivity contribution in [2.75, 3.05) is 13.1 Å². The standard InChI is InChI=1S/C22H24N2O4/c25-20-23-19(15-17-7-3-1-4-8-17)22(28-20)11-13-24(14-12-22)21(26)27-16-18-9-5-2-6-10-18/h1-10,19H,11-16H2,(H,23,25). The number of rotatable bonds is 4. The SMILES string of the molecule is O=C1NC(Cc2ccccc2)C2(CCN(C(=O)OCc3ccccc3)CC2)O1. The number of nitrogens with one attached hydrogen (secondary N) is 1. The number of hydrogen-bond acceptors (Lipinski definition) is 4. The number of carbonyl (C=O) groups excluding carboxylic acids is 2. The van der Waals surface area contributed by atoms with Gasteiger partial charge in [-0.3, -0.25) is 0 Å². The fraction of sp³-hybridized carbons (Fsp3) is 0.364. The molecule has 1 N–H and O–H groups in total. The highest BCUT2D eigenvalue weighted by molar-refractivity contribution is 5.72. The van der Waals surface area contributed by atoms with Gasteiger partial charge < -0.3 is 19.7 Å². The molecule has 0 aliphatic carbocycles. The third-order valence-electron chi connectivity index (χ3n) is 5.58. The number of amides is 2. The predicted molar refractivity (Wildman–Crippen MR) is 104 cm³/mol. The molecule has 1 atom stereocenters. The van der Waals surface area contributed by atoms with Gasteiger partial charge in [0.05, 0.1) is 6.04 Å². The molecule has 6 heteroatoms. The minimum Gasteiger partial charge on any atom is -0.445 e. The van der Waals surface area contributed by atoms with Gasteiger partial charge in [0.15, 0.2) is 0 Å². The maximum atomic E-state index is 12.4. The van der Waals surface area contributed by atoms with Crippen LogP contribution < -0.4 is 5.32 Å². The van der Waals surface area contributed by atoms with Crippen molar-refractivity contribution in [3.05, 3.63) is 71.8 Å². The Morgan fingerprint density at radius 1 is 1.04 bits per heavy atom. The van der Waals surface area contributed by atoms with Crippen molar-refractivity contribution in [3.8, 4) is 0 Å². The number of benzene rings is 2. The van der Waals surface area contributed by atoms with E-state index in [1.54, 1.807) is 4.90 Å². The van der Waals surface area contributed by atoms with E-state index in [9.17, 15) is 9.59 Å². The normalized spacial score (nSPS) is 20.5. The topological polar surface area (TPSA) is 67.9 Å². The monoisotopic (exact) mass is 380 g/mol. The van der Waals surface area contributed by atoms with E-state index < -0.39 is 5.60 Å². The van der Waals surface area contributed by atoms with Crippen molar-refractivity contribution in [2.45, 2.75) is 37.5 Å². The molecule has 1 unspecified atom stereocenters. The lowest BCUT2D eigenvalue weighted by Gasteiger charge is -2.40. The number of piperidine rings is 1. The summed E-state index contributed by atoms with van der Waals surface area (Å²) in [5, 5.41) is 2.96. The third-order valence-corrected chi connectivity index (χ3v) is 5.58. The van der Waals surface area contributed by atoms with Gasteiger partial charge in [-0.2, -0.15) is 0 Å². The Balaban J connectivity index is 1.35. The number of ether oxygens (including phenoxy) is 2. The average molecular weight is 380 g/mol. The van der Waals surface area contributed by atoms with E-state index in [4.69, 9.17) is 9.47 Å². The first kappa shape index (κ1) is 18.3. The van der Waals surface area contributed by atoms with Gasteiger partial charge in [-0.1, -0.05) is 60.7 Å². The van der Waals surface area contributed by atoms with Crippen LogP contribution in [-0.4, -0.2) is 41.8 Å². The second-order valence-electron chi connectivity index (χ2n) is 7.37. The van der Waals surface area contributed by atoms with Crippen LogP contribution in [0.3, 0.4) is 0 Å². The molecule has 28 heavy (non-hydrogen) atoms. The second kappa shape index (κ2) is 7.92. The highest BCUT2D eigenvalue weighted by Crippen LogP contribution is 2.35. The molecule has 6 nitrogen and oxygen atoms in total. The van der Waals surface area contributed by atoms with Gasteiger partial charge in [0.2, 0.25) is 0 Å². The van der Waals surface area contributed by atoms with Crippen LogP contribution in [0, 0.1) is 0 Å². The number of likely N-dealkylation sites (tertiary alicyclic amines) is 1. The maximum Gasteiger partial charge on any atom is 0.410 e. The van der Waals surface area contributed by atoms with Crippen LogP contribution in [0.2, 0.25) is 0 Å². The summed E-state index contributed by atoms with van der Waals surface area (Å²) in [4.78, 5) is 26.0. The van der Waals surface area contributed by atoms with Crippen LogP contribution in [0.25, 0.3) is 0 Å². The molecule has 2 aromatic rings. The third kappa shape index (κ3) is 3.96. The Hall–Kier alpha value is -3.02. The molecule has 0 aromatic heterocycles. The highest BCUT2D eigenvalue weighted by Gasteiger charge is 2.51. The molecular formula is C22H24N2O4. The van der Waals surface area contributed by atoms with E-state index >= 15 is 0 Å². The summed E-state index contributed by atoms with van der Waals surface area (Å²) in [7, 11) is 0. The highest BCUT2D eigenvalue weighted by atomic mass is 16.6. The lowest BCUT2D eigenvalue weighted by atomic mass is 9.82. The van der Waals surface area contributed by atoms with Gasteiger partial charge in [-0.05, 0) is 17.5 Å². The van der Waals surface area contributed by atoms with Crippen molar-refractivity contribution in [3.63, 3.8) is 0 Å². The summed E-state index contributed by atoms with van der Waals surface area (Å²) < 4.78 is 11.1. The molecule has 2 fully saturated rings. The minimum absolute atomic E-state index is 0.0927. The summed E-state index contributed by atoms with van der Waals surface area (Å²) >= 11 is 0. The van der Waals surface area contributed by atoms with Crippen LogP contribution in [0.5, 0.6) is 0 Å². The van der Waals surface area contributed by atoms with Crippen molar-refractivity contribution in [2.24, 2.45) is 0 Å². The molecular weight excluding hydrogens is 356 g/mol. The quantitative estimate of drug-likeness (QED) is 0.881. The van der Waals surface area contributed by atoms with Gasteiger partial charge >= 0.3 is 12.2 Å². The molecule has 4 rings (SSSR count). The van der Waals surface area contributed by atoms with Crippen LogP contribution in [-0.2, 0) is 22.5 Å². The van der Waals surface area contributed by atoms with Gasteiger partial charge in [0, 0.05) is 25.9 Å². The van der Waals surface area contributed by atoms with Crippen molar-refractivity contribution >= 4 is 12.2 Å². The summed E-state index contributed by atoms with van der Waals surface area (Å²) in [5.74, 6) is 0. The largest absolute Gasteiger partial charge is 0.445 e. The molecule has 2 aliphatic rings. The number of carbonyl (C=O) groups is 2. The van der Waals surface area contributed by atoms with Gasteiger partial charge in [0.25, 0.3) is 0 Å². The van der Waals surface area contributed by atoms with Crippen molar-refractivity contribution in [1.29, 1.82) is 0 Å². The zero-order chi connectivity index (χ0) is 19.4. The van der Waals surface area contributed by atoms with Crippen molar-refractivity contribution < 1.29 is 19.1 Å². The number of nitrogens with zero attached hydrogens (tertiary/aromatic N) is 1. The Bertz CT molecular complexity index is 817. The summed E-state index contributed by atoms with van der Waals surface area (Å²) in [6.45, 7) is 1.27. The fourth-order valence-electron chi connectivity index (χ4n) is 3.97. The molecule has 1 spiro atoms. The maximum absolute atomic E-state index is 12.4. The van der Waals surface area contributed by atoms with E-state index in [0.717, 1.165) is 11.1 Å². The van der Waals surface area contributed by atoms with Crippen LogP contribution in [0.15, 0.2) is 60.7 Å². The second-order valence-corrected chi connectivity index (χ2v) is 7.37. The van der Waals surface area contributed by atoms with Crippen molar-refractivity contribution in [1.82, 2.24) is 10.2 Å². The zero-order valence-corrected chi connectivity index (χ0v) is 15.7. The van der Waals surface area contributed by atoms with Crippen LogP contribution >= 0.6 is 0 Å². The minimum atomic E-state index is -0.566. The Morgan fingerprint density at radius 3 is 2.29 bits per heavy atom. The van der Waals surface area contributed by atoms with Gasteiger partial charge in [-0.25, -0.2) is 9.59 Å². The number of hydrogen-bond donors (Lipinski definition) is 1. The Kier molecular flexibility index (Phi) is 5.19. The molecule has 0 saturated carbocycles. The molecule has 2 saturated heterocycles. The molecule has 2 aliphatic heterocycles. The smallest absolute Gasteiger partial charge is 0.410 e. The van der Waals surface area contributed by atoms with Crippen LogP contribution in [0.1, 0.15) is 24.0 Å².